The molecular weight excluding hydrogens is 414 g/mol. The summed E-state index contributed by atoms with van der Waals surface area (Å²) in [7, 11) is 1.66. The van der Waals surface area contributed by atoms with Crippen LogP contribution in [0.3, 0.4) is 0 Å². The summed E-state index contributed by atoms with van der Waals surface area (Å²) in [5.41, 5.74) is 2.09. The molecule has 2 aromatic heterocycles. The molecule has 4 rings (SSSR count). The topological polar surface area (TPSA) is 75.0 Å². The van der Waals surface area contributed by atoms with Crippen molar-refractivity contribution >= 4 is 28.2 Å². The number of nitrogens with one attached hydrogen (secondary N) is 1. The van der Waals surface area contributed by atoms with Crippen molar-refractivity contribution in [3.05, 3.63) is 70.5 Å². The highest BCUT2D eigenvalue weighted by Crippen LogP contribution is 2.29. The maximum absolute atomic E-state index is 13.1. The van der Waals surface area contributed by atoms with E-state index in [1.807, 2.05) is 30.0 Å². The van der Waals surface area contributed by atoms with Crippen molar-refractivity contribution in [2.75, 3.05) is 38.6 Å². The fraction of sp³-hybridized carbons (Fsp3) is 0.304. The molecule has 2 amide bonds. The van der Waals surface area contributed by atoms with Crippen LogP contribution in [0.15, 0.2) is 53.1 Å². The number of aryl methyl sites for hydroxylation is 1. The molecule has 0 spiro atoms. The highest BCUT2D eigenvalue weighted by atomic mass is 32.1. The van der Waals surface area contributed by atoms with Crippen molar-refractivity contribution in [1.82, 2.24) is 9.80 Å². The number of thiophene rings is 1. The van der Waals surface area contributed by atoms with Crippen LogP contribution in [0.5, 0.6) is 5.75 Å². The Morgan fingerprint density at radius 2 is 1.87 bits per heavy atom. The van der Waals surface area contributed by atoms with Gasteiger partial charge in [0.15, 0.2) is 5.76 Å². The number of methoxy groups -OCH3 is 1. The minimum absolute atomic E-state index is 0.0186. The first-order valence-electron chi connectivity index (χ1n) is 10.1. The lowest BCUT2D eigenvalue weighted by molar-refractivity contribution is 0.0632. The normalized spacial score (nSPS) is 14.5. The molecule has 0 atom stereocenters. The van der Waals surface area contributed by atoms with Crippen LogP contribution in [0.4, 0.5) is 5.00 Å². The molecule has 3 aromatic rings. The van der Waals surface area contributed by atoms with Gasteiger partial charge in [0.25, 0.3) is 11.8 Å². The van der Waals surface area contributed by atoms with Gasteiger partial charge in [-0.25, -0.2) is 0 Å². The predicted octanol–water partition coefficient (Wildman–Crippen LogP) is 3.87. The van der Waals surface area contributed by atoms with Crippen LogP contribution >= 0.6 is 11.3 Å². The number of furan rings is 1. The van der Waals surface area contributed by atoms with Crippen molar-refractivity contribution in [2.45, 2.75) is 13.5 Å². The molecule has 1 aromatic carbocycles. The highest BCUT2D eigenvalue weighted by molar-refractivity contribution is 7.18. The smallest absolute Gasteiger partial charge is 0.291 e. The van der Waals surface area contributed by atoms with Crippen LogP contribution in [0.25, 0.3) is 0 Å². The zero-order valence-electron chi connectivity index (χ0n) is 17.6. The third-order valence-electron chi connectivity index (χ3n) is 5.32. The second kappa shape index (κ2) is 9.36. The number of rotatable bonds is 6. The van der Waals surface area contributed by atoms with Crippen LogP contribution < -0.4 is 10.1 Å². The molecule has 0 saturated carbocycles. The molecular formula is C23H25N3O4S. The minimum atomic E-state index is -0.322. The van der Waals surface area contributed by atoms with E-state index in [4.69, 9.17) is 9.15 Å². The molecule has 0 aliphatic carbocycles. The van der Waals surface area contributed by atoms with Gasteiger partial charge in [-0.2, -0.15) is 0 Å². The second-order valence-corrected chi connectivity index (χ2v) is 8.52. The fourth-order valence-corrected chi connectivity index (χ4v) is 4.61. The van der Waals surface area contributed by atoms with E-state index >= 15 is 0 Å². The Labute approximate surface area is 185 Å². The van der Waals surface area contributed by atoms with Crippen LogP contribution in [-0.4, -0.2) is 54.9 Å². The molecule has 31 heavy (non-hydrogen) atoms. The van der Waals surface area contributed by atoms with E-state index < -0.39 is 0 Å². The van der Waals surface area contributed by atoms with E-state index in [9.17, 15) is 9.59 Å². The predicted molar refractivity (Wildman–Crippen MR) is 120 cm³/mol. The van der Waals surface area contributed by atoms with E-state index in [-0.39, 0.29) is 17.6 Å². The van der Waals surface area contributed by atoms with Gasteiger partial charge in [-0.15, -0.1) is 11.3 Å². The lowest BCUT2D eigenvalue weighted by Gasteiger charge is -2.34. The van der Waals surface area contributed by atoms with Crippen LogP contribution in [-0.2, 0) is 6.54 Å². The molecule has 1 saturated heterocycles. The van der Waals surface area contributed by atoms with E-state index in [1.54, 1.807) is 19.2 Å². The summed E-state index contributed by atoms with van der Waals surface area (Å²) < 4.78 is 10.3. The van der Waals surface area contributed by atoms with Crippen molar-refractivity contribution in [1.29, 1.82) is 0 Å². The van der Waals surface area contributed by atoms with E-state index in [0.29, 0.717) is 23.0 Å². The van der Waals surface area contributed by atoms with E-state index in [0.717, 1.165) is 30.9 Å². The summed E-state index contributed by atoms with van der Waals surface area (Å²) in [5, 5.41) is 3.44. The Hall–Kier alpha value is -3.10. The highest BCUT2D eigenvalue weighted by Gasteiger charge is 2.25. The zero-order valence-corrected chi connectivity index (χ0v) is 18.4. The number of amides is 2. The molecule has 8 heteroatoms. The van der Waals surface area contributed by atoms with Gasteiger partial charge in [-0.3, -0.25) is 14.5 Å². The van der Waals surface area contributed by atoms with Crippen molar-refractivity contribution in [3.63, 3.8) is 0 Å². The fourth-order valence-electron chi connectivity index (χ4n) is 3.58. The van der Waals surface area contributed by atoms with Gasteiger partial charge in [0, 0.05) is 32.7 Å². The monoisotopic (exact) mass is 439 g/mol. The molecule has 7 nitrogen and oxygen atoms in total. The average molecular weight is 440 g/mol. The van der Waals surface area contributed by atoms with Crippen molar-refractivity contribution in [3.8, 4) is 5.75 Å². The summed E-state index contributed by atoms with van der Waals surface area (Å²) in [5.74, 6) is 0.791. The van der Waals surface area contributed by atoms with Crippen LogP contribution in [0.1, 0.15) is 31.4 Å². The SMILES string of the molecule is COc1ccc(CN2CCN(C(=O)c3sc(NC(=O)c4ccco4)cc3C)CC2)cc1. The number of carbonyl (C=O) groups excluding carboxylic acids is 2. The number of hydrogen-bond donors (Lipinski definition) is 1. The third kappa shape index (κ3) is 4.98. The maximum atomic E-state index is 13.1. The summed E-state index contributed by atoms with van der Waals surface area (Å²) >= 11 is 1.30. The van der Waals surface area contributed by atoms with Crippen molar-refractivity contribution < 1.29 is 18.7 Å². The Morgan fingerprint density at radius 1 is 1.13 bits per heavy atom. The number of piperazine rings is 1. The van der Waals surface area contributed by atoms with Gasteiger partial charge in [-0.1, -0.05) is 12.1 Å². The van der Waals surface area contributed by atoms with E-state index in [2.05, 4.69) is 22.3 Å². The Kier molecular flexibility index (Phi) is 6.39. The first kappa shape index (κ1) is 21.1. The first-order valence-corrected chi connectivity index (χ1v) is 10.9. The lowest BCUT2D eigenvalue weighted by Crippen LogP contribution is -2.48. The molecule has 1 aliphatic rings. The minimum Gasteiger partial charge on any atom is -0.497 e. The number of benzene rings is 1. The summed E-state index contributed by atoms with van der Waals surface area (Å²) in [4.78, 5) is 30.1. The first-order chi connectivity index (χ1) is 15.0. The summed E-state index contributed by atoms with van der Waals surface area (Å²) in [6.45, 7) is 5.76. The summed E-state index contributed by atoms with van der Waals surface area (Å²) in [6, 6.07) is 13.2. The van der Waals surface area contributed by atoms with Gasteiger partial charge in [0.2, 0.25) is 0 Å². The van der Waals surface area contributed by atoms with Gasteiger partial charge in [0.05, 0.1) is 23.3 Å². The largest absolute Gasteiger partial charge is 0.497 e. The molecule has 162 valence electrons. The van der Waals surface area contributed by atoms with Gasteiger partial charge >= 0.3 is 0 Å². The summed E-state index contributed by atoms with van der Waals surface area (Å²) in [6.07, 6.45) is 1.46. The lowest BCUT2D eigenvalue weighted by atomic mass is 10.2. The van der Waals surface area contributed by atoms with E-state index in [1.165, 1.54) is 23.2 Å². The third-order valence-corrected chi connectivity index (χ3v) is 6.46. The van der Waals surface area contributed by atoms with Gasteiger partial charge in [-0.05, 0) is 48.4 Å². The van der Waals surface area contributed by atoms with Crippen LogP contribution in [0, 0.1) is 6.92 Å². The van der Waals surface area contributed by atoms with Crippen molar-refractivity contribution in [2.24, 2.45) is 0 Å². The molecule has 1 aliphatic heterocycles. The number of nitrogens with zero attached hydrogens (tertiary/aromatic N) is 2. The number of hydrogen-bond acceptors (Lipinski definition) is 6. The zero-order chi connectivity index (χ0) is 21.8. The molecule has 0 radical (unpaired) electrons. The quantitative estimate of drug-likeness (QED) is 0.631. The average Bonchev–Trinajstić information content (AvgIpc) is 3.44. The molecule has 3 heterocycles. The van der Waals surface area contributed by atoms with Crippen LogP contribution in [0.2, 0.25) is 0 Å². The maximum Gasteiger partial charge on any atom is 0.291 e. The number of anilines is 1. The number of carbonyl (C=O) groups is 2. The molecule has 0 bridgehead atoms. The van der Waals surface area contributed by atoms with Gasteiger partial charge < -0.3 is 19.4 Å². The second-order valence-electron chi connectivity index (χ2n) is 7.47. The molecule has 1 N–H and O–H groups in total. The Balaban J connectivity index is 1.33. The van der Waals surface area contributed by atoms with Gasteiger partial charge in [0.1, 0.15) is 5.75 Å². The Bertz CT molecular complexity index is 1040. The number of ether oxygens (including phenoxy) is 1. The standard InChI is InChI=1S/C23H25N3O4S/c1-16-14-20(24-22(27)19-4-3-13-30-19)31-21(16)23(28)26-11-9-25(10-12-26)15-17-5-7-18(29-2)8-6-17/h3-8,13-14H,9-12,15H2,1-2H3,(H,24,27). The molecule has 1 fully saturated rings. The Morgan fingerprint density at radius 3 is 2.52 bits per heavy atom. The molecule has 0 unspecified atom stereocenters.